The van der Waals surface area contributed by atoms with E-state index in [1.807, 2.05) is 0 Å². The van der Waals surface area contributed by atoms with Crippen LogP contribution in [0.15, 0.2) is 54.6 Å². The fraction of sp³-hybridized carbons (Fsp3) is 0.200. The van der Waals surface area contributed by atoms with Crippen LogP contribution in [0.3, 0.4) is 0 Å². The molecule has 0 fully saturated rings. The van der Waals surface area contributed by atoms with Crippen LogP contribution in [0.4, 0.5) is 30.6 Å². The van der Waals surface area contributed by atoms with Crippen LogP contribution in [0.2, 0.25) is 5.02 Å². The van der Waals surface area contributed by atoms with Gasteiger partial charge in [-0.25, -0.2) is 4.98 Å². The normalized spacial score (nSPS) is 12.3. The highest BCUT2D eigenvalue weighted by Crippen LogP contribution is 2.29. The molecular weight excluding hydrogens is 421 g/mol. The highest BCUT2D eigenvalue weighted by Gasteiger charge is 2.31. The Labute approximate surface area is 175 Å². The predicted molar refractivity (Wildman–Crippen MR) is 109 cm³/mol. The van der Waals surface area contributed by atoms with Crippen molar-refractivity contribution in [2.75, 3.05) is 17.2 Å². The molecular formula is C20H18ClF3N4O2. The van der Waals surface area contributed by atoms with Crippen LogP contribution in [0.5, 0.6) is 5.75 Å². The summed E-state index contributed by atoms with van der Waals surface area (Å²) in [5, 5.41) is 15.9. The number of halogens is 4. The average Bonchev–Trinajstić information content (AvgIpc) is 2.68. The molecule has 0 saturated heterocycles. The van der Waals surface area contributed by atoms with Gasteiger partial charge in [0.1, 0.15) is 11.6 Å². The Morgan fingerprint density at radius 2 is 1.83 bits per heavy atom. The molecule has 0 aliphatic rings. The minimum absolute atomic E-state index is 0.150. The van der Waals surface area contributed by atoms with Crippen molar-refractivity contribution in [1.82, 2.24) is 9.97 Å². The lowest BCUT2D eigenvalue weighted by Gasteiger charge is -2.15. The first kappa shape index (κ1) is 21.7. The summed E-state index contributed by atoms with van der Waals surface area (Å²) < 4.78 is 41.7. The second kappa shape index (κ2) is 9.19. The molecule has 0 radical (unpaired) electrons. The molecule has 0 aliphatic carbocycles. The number of hydrogen-bond acceptors (Lipinski definition) is 6. The maximum Gasteiger partial charge on any atom is 0.573 e. The van der Waals surface area contributed by atoms with E-state index in [0.29, 0.717) is 27.8 Å². The Bertz CT molecular complexity index is 1000. The number of ether oxygens (including phenoxy) is 1. The number of aliphatic hydroxyl groups is 1. The van der Waals surface area contributed by atoms with Gasteiger partial charge in [0.15, 0.2) is 0 Å². The molecule has 0 aliphatic heterocycles. The van der Waals surface area contributed by atoms with Crippen molar-refractivity contribution in [2.24, 2.45) is 0 Å². The van der Waals surface area contributed by atoms with E-state index < -0.39 is 6.36 Å². The van der Waals surface area contributed by atoms with Crippen molar-refractivity contribution in [3.05, 3.63) is 59.6 Å². The van der Waals surface area contributed by atoms with E-state index in [4.69, 9.17) is 11.6 Å². The number of aromatic nitrogens is 2. The number of aliphatic hydroxyl groups excluding tert-OH is 1. The van der Waals surface area contributed by atoms with Gasteiger partial charge in [-0.3, -0.25) is 0 Å². The monoisotopic (exact) mass is 438 g/mol. The fourth-order valence-corrected chi connectivity index (χ4v) is 2.65. The van der Waals surface area contributed by atoms with E-state index in [1.54, 1.807) is 43.3 Å². The van der Waals surface area contributed by atoms with Crippen LogP contribution >= 0.6 is 11.6 Å². The van der Waals surface area contributed by atoms with E-state index in [-0.39, 0.29) is 24.3 Å². The Morgan fingerprint density at radius 1 is 1.10 bits per heavy atom. The zero-order valence-corrected chi connectivity index (χ0v) is 16.5. The first-order valence-electron chi connectivity index (χ1n) is 8.87. The molecule has 1 aromatic heterocycles. The molecule has 6 nitrogen and oxygen atoms in total. The van der Waals surface area contributed by atoms with Crippen molar-refractivity contribution in [3.63, 3.8) is 0 Å². The van der Waals surface area contributed by atoms with Gasteiger partial charge in [-0.15, -0.1) is 13.2 Å². The summed E-state index contributed by atoms with van der Waals surface area (Å²) >= 11 is 5.90. The van der Waals surface area contributed by atoms with Crippen LogP contribution in [0.1, 0.15) is 6.92 Å². The average molecular weight is 439 g/mol. The number of hydrogen-bond donors (Lipinski definition) is 3. The number of nitrogens with one attached hydrogen (secondary N) is 2. The standard InChI is InChI=1S/C20H18ClF3N4O2/c1-12(11-29)25-19-27-17(13-3-2-4-16(9-13)30-20(22,23)24)10-18(28-19)26-15-7-5-14(21)6-8-15/h2-10,12,29H,11H2,1H3,(H2,25,26,27,28)/t12-/m0/s1. The van der Waals surface area contributed by atoms with Crippen LogP contribution in [-0.4, -0.2) is 34.1 Å². The van der Waals surface area contributed by atoms with Gasteiger partial charge in [-0.1, -0.05) is 23.7 Å². The Balaban J connectivity index is 1.97. The molecule has 30 heavy (non-hydrogen) atoms. The number of rotatable bonds is 7. The summed E-state index contributed by atoms with van der Waals surface area (Å²) in [7, 11) is 0. The molecule has 3 aromatic rings. The van der Waals surface area contributed by atoms with Crippen LogP contribution in [0.25, 0.3) is 11.3 Å². The number of nitrogens with zero attached hydrogens (tertiary/aromatic N) is 2. The lowest BCUT2D eigenvalue weighted by Crippen LogP contribution is -2.21. The van der Waals surface area contributed by atoms with Gasteiger partial charge in [0.05, 0.1) is 12.3 Å². The van der Waals surface area contributed by atoms with Gasteiger partial charge < -0.3 is 20.5 Å². The van der Waals surface area contributed by atoms with Gasteiger partial charge in [-0.2, -0.15) is 4.98 Å². The van der Waals surface area contributed by atoms with Crippen LogP contribution in [0, 0.1) is 0 Å². The van der Waals surface area contributed by atoms with Gasteiger partial charge >= 0.3 is 6.36 Å². The molecule has 0 unspecified atom stereocenters. The van der Waals surface area contributed by atoms with Crippen LogP contribution < -0.4 is 15.4 Å². The van der Waals surface area contributed by atoms with Gasteiger partial charge in [-0.05, 0) is 43.3 Å². The zero-order chi connectivity index (χ0) is 21.7. The summed E-state index contributed by atoms with van der Waals surface area (Å²) in [6, 6.07) is 13.7. The smallest absolute Gasteiger partial charge is 0.406 e. The van der Waals surface area contributed by atoms with Crippen molar-refractivity contribution in [1.29, 1.82) is 0 Å². The first-order valence-corrected chi connectivity index (χ1v) is 9.25. The summed E-state index contributed by atoms with van der Waals surface area (Å²) in [5.74, 6) is 0.244. The molecule has 0 spiro atoms. The van der Waals surface area contributed by atoms with Crippen molar-refractivity contribution in [2.45, 2.75) is 19.3 Å². The topological polar surface area (TPSA) is 79.3 Å². The Morgan fingerprint density at radius 3 is 2.50 bits per heavy atom. The van der Waals surface area contributed by atoms with E-state index in [0.717, 1.165) is 0 Å². The summed E-state index contributed by atoms with van der Waals surface area (Å²) in [6.45, 7) is 1.59. The third-order valence-electron chi connectivity index (χ3n) is 3.86. The van der Waals surface area contributed by atoms with Crippen LogP contribution in [-0.2, 0) is 0 Å². The molecule has 158 valence electrons. The lowest BCUT2D eigenvalue weighted by atomic mass is 10.1. The van der Waals surface area contributed by atoms with E-state index in [2.05, 4.69) is 25.3 Å². The Hall–Kier alpha value is -3.04. The van der Waals surface area contributed by atoms with E-state index in [1.165, 1.54) is 18.2 Å². The Kier molecular flexibility index (Phi) is 6.63. The van der Waals surface area contributed by atoms with Crippen molar-refractivity contribution >= 4 is 29.1 Å². The highest BCUT2D eigenvalue weighted by molar-refractivity contribution is 6.30. The number of benzene rings is 2. The summed E-state index contributed by atoms with van der Waals surface area (Å²) in [4.78, 5) is 8.71. The van der Waals surface area contributed by atoms with Gasteiger partial charge in [0.2, 0.25) is 5.95 Å². The minimum Gasteiger partial charge on any atom is -0.406 e. The molecule has 10 heteroatoms. The molecule has 3 rings (SSSR count). The zero-order valence-electron chi connectivity index (χ0n) is 15.7. The van der Waals surface area contributed by atoms with Crippen molar-refractivity contribution in [3.8, 4) is 17.0 Å². The molecule has 1 heterocycles. The molecule has 3 N–H and O–H groups in total. The maximum absolute atomic E-state index is 12.6. The summed E-state index contributed by atoms with van der Waals surface area (Å²) in [6.07, 6.45) is -4.80. The quantitative estimate of drug-likeness (QED) is 0.468. The third-order valence-corrected chi connectivity index (χ3v) is 4.11. The number of anilines is 3. The second-order valence-corrected chi connectivity index (χ2v) is 6.83. The fourth-order valence-electron chi connectivity index (χ4n) is 2.52. The summed E-state index contributed by atoms with van der Waals surface area (Å²) in [5.41, 5.74) is 1.47. The number of alkyl halides is 3. The highest BCUT2D eigenvalue weighted by atomic mass is 35.5. The molecule has 0 amide bonds. The molecule has 2 aromatic carbocycles. The second-order valence-electron chi connectivity index (χ2n) is 6.40. The van der Waals surface area contributed by atoms with Gasteiger partial charge in [0, 0.05) is 28.4 Å². The van der Waals surface area contributed by atoms with Gasteiger partial charge in [0.25, 0.3) is 0 Å². The molecule has 1 atom stereocenters. The SMILES string of the molecule is C[C@@H](CO)Nc1nc(Nc2ccc(Cl)cc2)cc(-c2cccc(OC(F)(F)F)c2)n1. The maximum atomic E-state index is 12.6. The third kappa shape index (κ3) is 6.23. The minimum atomic E-state index is -4.80. The molecule has 0 saturated carbocycles. The van der Waals surface area contributed by atoms with E-state index >= 15 is 0 Å². The lowest BCUT2D eigenvalue weighted by molar-refractivity contribution is -0.274. The molecule has 0 bridgehead atoms. The van der Waals surface area contributed by atoms with E-state index in [9.17, 15) is 18.3 Å². The largest absolute Gasteiger partial charge is 0.573 e. The van der Waals surface area contributed by atoms with Crippen molar-refractivity contribution < 1.29 is 23.0 Å². The predicted octanol–water partition coefficient (Wildman–Crippen LogP) is 5.23. The first-order chi connectivity index (χ1) is 14.2.